The predicted molar refractivity (Wildman–Crippen MR) is 65.2 cm³/mol. The first-order valence-electron chi connectivity index (χ1n) is 5.82. The van der Waals surface area contributed by atoms with Crippen molar-refractivity contribution in [2.45, 2.75) is 33.0 Å². The van der Waals surface area contributed by atoms with Gasteiger partial charge in [-0.15, -0.1) is 10.2 Å². The van der Waals surface area contributed by atoms with Crippen LogP contribution in [-0.4, -0.2) is 19.7 Å². The lowest BCUT2D eigenvalue weighted by atomic mass is 10.2. The molecule has 0 aliphatic heterocycles. The Bertz CT molecular complexity index is 451. The van der Waals surface area contributed by atoms with Crippen LogP contribution in [0.3, 0.4) is 0 Å². The number of hydrogen-bond acceptors (Lipinski definition) is 4. The first-order valence-corrected chi connectivity index (χ1v) is 5.82. The third-order valence-electron chi connectivity index (χ3n) is 2.73. The minimum Gasteiger partial charge on any atom is -0.317 e. The van der Waals surface area contributed by atoms with E-state index in [-0.39, 0.29) is 6.04 Å². The van der Waals surface area contributed by atoms with Crippen molar-refractivity contribution in [2.24, 2.45) is 0 Å². The molecule has 90 valence electrons. The molecular weight excluding hydrogens is 214 g/mol. The summed E-state index contributed by atoms with van der Waals surface area (Å²) in [4.78, 5) is 4.32. The van der Waals surface area contributed by atoms with Gasteiger partial charge in [0.05, 0.1) is 12.2 Å². The molecule has 0 saturated carbocycles. The highest BCUT2D eigenvalue weighted by Crippen LogP contribution is 2.08. The average Bonchev–Trinajstić information content (AvgIpc) is 2.84. The zero-order chi connectivity index (χ0) is 12.1. The first kappa shape index (κ1) is 11.7. The largest absolute Gasteiger partial charge is 0.317 e. The lowest BCUT2D eigenvalue weighted by Gasteiger charge is -2.12. The van der Waals surface area contributed by atoms with Crippen LogP contribution in [0.2, 0.25) is 0 Å². The Morgan fingerprint density at radius 3 is 3.00 bits per heavy atom. The van der Waals surface area contributed by atoms with Gasteiger partial charge in [-0.05, 0) is 26.0 Å². The van der Waals surface area contributed by atoms with Crippen molar-refractivity contribution < 1.29 is 0 Å². The molecule has 1 unspecified atom stereocenters. The number of nitrogens with zero attached hydrogens (tertiary/aromatic N) is 4. The molecule has 0 aromatic carbocycles. The minimum absolute atomic E-state index is 0.207. The molecule has 1 atom stereocenters. The summed E-state index contributed by atoms with van der Waals surface area (Å²) < 4.78 is 2.03. The molecule has 5 heteroatoms. The van der Waals surface area contributed by atoms with Gasteiger partial charge in [-0.2, -0.15) is 0 Å². The summed E-state index contributed by atoms with van der Waals surface area (Å²) in [6, 6.07) is 6.14. The zero-order valence-electron chi connectivity index (χ0n) is 10.2. The van der Waals surface area contributed by atoms with Gasteiger partial charge in [-0.25, -0.2) is 0 Å². The molecule has 0 aliphatic carbocycles. The van der Waals surface area contributed by atoms with Gasteiger partial charge < -0.3 is 9.88 Å². The summed E-state index contributed by atoms with van der Waals surface area (Å²) in [6.07, 6.45) is 3.56. The van der Waals surface area contributed by atoms with E-state index < -0.39 is 0 Å². The molecule has 5 nitrogen and oxygen atoms in total. The smallest absolute Gasteiger partial charge is 0.146 e. The number of aromatic nitrogens is 4. The number of pyridine rings is 1. The highest BCUT2D eigenvalue weighted by Gasteiger charge is 2.08. The number of aryl methyl sites for hydroxylation is 1. The fraction of sp³-hybridized carbons (Fsp3) is 0.417. The van der Waals surface area contributed by atoms with Crippen molar-refractivity contribution in [3.05, 3.63) is 42.2 Å². The Labute approximate surface area is 101 Å². The molecule has 2 heterocycles. The molecule has 0 radical (unpaired) electrons. The maximum atomic E-state index is 4.32. The molecule has 17 heavy (non-hydrogen) atoms. The maximum Gasteiger partial charge on any atom is 0.146 e. The van der Waals surface area contributed by atoms with Gasteiger partial charge in [-0.3, -0.25) is 4.98 Å². The van der Waals surface area contributed by atoms with Crippen molar-refractivity contribution in [1.29, 1.82) is 0 Å². The summed E-state index contributed by atoms with van der Waals surface area (Å²) in [6.45, 7) is 5.76. The van der Waals surface area contributed by atoms with Crippen molar-refractivity contribution in [2.75, 3.05) is 0 Å². The molecule has 2 rings (SSSR count). The van der Waals surface area contributed by atoms with E-state index in [0.717, 1.165) is 18.1 Å². The van der Waals surface area contributed by atoms with Crippen LogP contribution >= 0.6 is 0 Å². The number of hydrogen-bond donors (Lipinski definition) is 1. The van der Waals surface area contributed by atoms with Gasteiger partial charge in [0, 0.05) is 18.8 Å². The Morgan fingerprint density at radius 2 is 2.29 bits per heavy atom. The quantitative estimate of drug-likeness (QED) is 0.848. The molecule has 2 aromatic heterocycles. The Morgan fingerprint density at radius 1 is 1.41 bits per heavy atom. The third-order valence-corrected chi connectivity index (χ3v) is 2.73. The fourth-order valence-electron chi connectivity index (χ4n) is 1.66. The summed E-state index contributed by atoms with van der Waals surface area (Å²) >= 11 is 0. The predicted octanol–water partition coefficient (Wildman–Crippen LogP) is 1.54. The summed E-state index contributed by atoms with van der Waals surface area (Å²) in [5, 5.41) is 11.4. The third kappa shape index (κ3) is 2.88. The monoisotopic (exact) mass is 231 g/mol. The van der Waals surface area contributed by atoms with E-state index in [2.05, 4.69) is 34.3 Å². The normalized spacial score (nSPS) is 12.6. The molecule has 0 aliphatic rings. The van der Waals surface area contributed by atoms with Crippen LogP contribution in [0.4, 0.5) is 0 Å². The van der Waals surface area contributed by atoms with Crippen molar-refractivity contribution >= 4 is 0 Å². The van der Waals surface area contributed by atoms with Crippen LogP contribution in [0.1, 0.15) is 31.4 Å². The van der Waals surface area contributed by atoms with E-state index in [4.69, 9.17) is 0 Å². The second-order valence-electron chi connectivity index (χ2n) is 3.89. The molecule has 2 aromatic rings. The van der Waals surface area contributed by atoms with Crippen molar-refractivity contribution in [1.82, 2.24) is 25.1 Å². The van der Waals surface area contributed by atoms with Crippen LogP contribution in [0.5, 0.6) is 0 Å². The maximum absolute atomic E-state index is 4.32. The topological polar surface area (TPSA) is 55.6 Å². The zero-order valence-corrected chi connectivity index (χ0v) is 10.2. The fourth-order valence-corrected chi connectivity index (χ4v) is 1.66. The highest BCUT2D eigenvalue weighted by molar-refractivity contribution is 5.07. The Balaban J connectivity index is 1.95. The van der Waals surface area contributed by atoms with Gasteiger partial charge in [-0.1, -0.05) is 6.07 Å². The summed E-state index contributed by atoms with van der Waals surface area (Å²) in [5.74, 6) is 0.954. The number of nitrogens with one attached hydrogen (secondary N) is 1. The lowest BCUT2D eigenvalue weighted by molar-refractivity contribution is 0.530. The van der Waals surface area contributed by atoms with E-state index >= 15 is 0 Å². The molecule has 0 spiro atoms. The lowest BCUT2D eigenvalue weighted by Crippen LogP contribution is -2.21. The summed E-state index contributed by atoms with van der Waals surface area (Å²) in [5.41, 5.74) is 1.04. The molecule has 0 saturated heterocycles. The van der Waals surface area contributed by atoms with E-state index in [1.165, 1.54) is 0 Å². The van der Waals surface area contributed by atoms with Crippen LogP contribution in [-0.2, 0) is 13.1 Å². The SMILES string of the molecule is CCn1cnnc1CNC(C)c1ccccn1. The van der Waals surface area contributed by atoms with E-state index in [0.29, 0.717) is 6.54 Å². The van der Waals surface area contributed by atoms with Crippen LogP contribution in [0, 0.1) is 0 Å². The molecule has 0 bridgehead atoms. The molecular formula is C12H17N5. The average molecular weight is 231 g/mol. The van der Waals surface area contributed by atoms with Gasteiger partial charge in [0.1, 0.15) is 12.2 Å². The van der Waals surface area contributed by atoms with Gasteiger partial charge in [0.2, 0.25) is 0 Å². The van der Waals surface area contributed by atoms with Crippen LogP contribution in [0.15, 0.2) is 30.7 Å². The van der Waals surface area contributed by atoms with E-state index in [9.17, 15) is 0 Å². The number of rotatable bonds is 5. The van der Waals surface area contributed by atoms with E-state index in [1.807, 2.05) is 29.0 Å². The van der Waals surface area contributed by atoms with Crippen LogP contribution < -0.4 is 5.32 Å². The Hall–Kier alpha value is -1.75. The van der Waals surface area contributed by atoms with Crippen LogP contribution in [0.25, 0.3) is 0 Å². The first-order chi connectivity index (χ1) is 8.31. The van der Waals surface area contributed by atoms with Gasteiger partial charge in [0.15, 0.2) is 0 Å². The minimum atomic E-state index is 0.207. The van der Waals surface area contributed by atoms with Gasteiger partial charge in [0.25, 0.3) is 0 Å². The van der Waals surface area contributed by atoms with Gasteiger partial charge >= 0.3 is 0 Å². The standard InChI is InChI=1S/C12H17N5/c1-3-17-9-15-16-12(17)8-14-10(2)11-6-4-5-7-13-11/h4-7,9-10,14H,3,8H2,1-2H3. The Kier molecular flexibility index (Phi) is 3.82. The van der Waals surface area contributed by atoms with E-state index in [1.54, 1.807) is 6.33 Å². The molecule has 1 N–H and O–H groups in total. The summed E-state index contributed by atoms with van der Waals surface area (Å²) in [7, 11) is 0. The molecule has 0 amide bonds. The van der Waals surface area contributed by atoms with Crippen molar-refractivity contribution in [3.63, 3.8) is 0 Å². The second-order valence-corrected chi connectivity index (χ2v) is 3.89. The van der Waals surface area contributed by atoms with Crippen molar-refractivity contribution in [3.8, 4) is 0 Å². The molecule has 0 fully saturated rings. The highest BCUT2D eigenvalue weighted by atomic mass is 15.3. The second kappa shape index (κ2) is 5.54.